The Hall–Kier alpha value is -2.52. The number of nitrogens with two attached hydrogens (primary N) is 1. The number of H-pyrrole nitrogens is 1. The first-order valence-electron chi connectivity index (χ1n) is 5.87. The largest absolute Gasteiger partial charge is 0.399 e. The molecule has 0 fully saturated rings. The standard InChI is InChI=1S/C14H10BrN5/c15-9-1-3-11(8(5-9)7-16)18-14-19-12-4-2-10(17)6-13(12)20-14/h1-6H,17H2,(H2,18,19,20). The van der Waals surface area contributed by atoms with Gasteiger partial charge in [0.25, 0.3) is 0 Å². The molecule has 5 nitrogen and oxygen atoms in total. The molecule has 0 aliphatic carbocycles. The minimum atomic E-state index is 0.541. The van der Waals surface area contributed by atoms with E-state index >= 15 is 0 Å². The minimum Gasteiger partial charge on any atom is -0.399 e. The number of hydrogen-bond donors (Lipinski definition) is 3. The topological polar surface area (TPSA) is 90.5 Å². The SMILES string of the molecule is N#Cc1cc(Br)ccc1Nc1nc2ccc(N)cc2[nH]1. The fraction of sp³-hybridized carbons (Fsp3) is 0. The van der Waals surface area contributed by atoms with E-state index in [4.69, 9.17) is 11.0 Å². The number of anilines is 3. The highest BCUT2D eigenvalue weighted by Gasteiger charge is 2.07. The van der Waals surface area contributed by atoms with Crippen molar-refractivity contribution in [3.8, 4) is 6.07 Å². The van der Waals surface area contributed by atoms with Crippen molar-refractivity contribution in [1.29, 1.82) is 5.26 Å². The van der Waals surface area contributed by atoms with Gasteiger partial charge < -0.3 is 16.0 Å². The van der Waals surface area contributed by atoms with E-state index in [2.05, 4.69) is 37.3 Å². The number of nitrogens with one attached hydrogen (secondary N) is 2. The Labute approximate surface area is 123 Å². The van der Waals surface area contributed by atoms with E-state index < -0.39 is 0 Å². The number of aromatic amines is 1. The van der Waals surface area contributed by atoms with Gasteiger partial charge in [0.2, 0.25) is 5.95 Å². The molecule has 3 rings (SSSR count). The van der Waals surface area contributed by atoms with Gasteiger partial charge >= 0.3 is 0 Å². The molecule has 0 aliphatic rings. The molecule has 0 saturated heterocycles. The second-order valence-electron chi connectivity index (χ2n) is 4.29. The number of nitrogen functional groups attached to an aromatic ring is 1. The number of rotatable bonds is 2. The Balaban J connectivity index is 1.99. The van der Waals surface area contributed by atoms with E-state index in [1.165, 1.54) is 0 Å². The number of aromatic nitrogens is 2. The maximum absolute atomic E-state index is 9.14. The van der Waals surface area contributed by atoms with Crippen LogP contribution in [0, 0.1) is 11.3 Å². The van der Waals surface area contributed by atoms with Gasteiger partial charge in [0.1, 0.15) is 6.07 Å². The lowest BCUT2D eigenvalue weighted by Crippen LogP contribution is -1.95. The fourth-order valence-electron chi connectivity index (χ4n) is 1.93. The van der Waals surface area contributed by atoms with Gasteiger partial charge in [-0.05, 0) is 36.4 Å². The van der Waals surface area contributed by atoms with Crippen LogP contribution in [0.15, 0.2) is 40.9 Å². The lowest BCUT2D eigenvalue weighted by atomic mass is 10.2. The summed E-state index contributed by atoms with van der Waals surface area (Å²) >= 11 is 3.34. The third-order valence-electron chi connectivity index (χ3n) is 2.86. The number of halogens is 1. The first-order valence-corrected chi connectivity index (χ1v) is 6.67. The number of nitrogens with zero attached hydrogens (tertiary/aromatic N) is 2. The van der Waals surface area contributed by atoms with E-state index in [9.17, 15) is 0 Å². The minimum absolute atomic E-state index is 0.541. The van der Waals surface area contributed by atoms with Gasteiger partial charge in [-0.25, -0.2) is 4.98 Å². The van der Waals surface area contributed by atoms with Crippen molar-refractivity contribution in [2.45, 2.75) is 0 Å². The van der Waals surface area contributed by atoms with Crippen molar-refractivity contribution in [1.82, 2.24) is 9.97 Å². The van der Waals surface area contributed by atoms with Crippen molar-refractivity contribution in [2.75, 3.05) is 11.1 Å². The fourth-order valence-corrected chi connectivity index (χ4v) is 2.29. The molecule has 0 saturated carbocycles. The van der Waals surface area contributed by atoms with E-state index in [0.717, 1.165) is 15.5 Å². The predicted molar refractivity (Wildman–Crippen MR) is 82.6 cm³/mol. The highest BCUT2D eigenvalue weighted by Crippen LogP contribution is 2.24. The molecule has 4 N–H and O–H groups in total. The number of nitriles is 1. The van der Waals surface area contributed by atoms with Crippen LogP contribution in [0.3, 0.4) is 0 Å². The Morgan fingerprint density at radius 3 is 2.90 bits per heavy atom. The molecule has 6 heteroatoms. The summed E-state index contributed by atoms with van der Waals surface area (Å²) in [5.74, 6) is 0.574. The zero-order valence-electron chi connectivity index (χ0n) is 10.3. The Bertz CT molecular complexity index is 831. The van der Waals surface area contributed by atoms with E-state index in [0.29, 0.717) is 22.9 Å². The van der Waals surface area contributed by atoms with Gasteiger partial charge in [-0.3, -0.25) is 0 Å². The summed E-state index contributed by atoms with van der Waals surface area (Å²) in [6, 6.07) is 13.1. The molecule has 1 aromatic heterocycles. The van der Waals surface area contributed by atoms with Gasteiger partial charge in [-0.2, -0.15) is 5.26 Å². The zero-order chi connectivity index (χ0) is 14.1. The molecule has 3 aromatic rings. The molecule has 0 amide bonds. The Morgan fingerprint density at radius 2 is 2.10 bits per heavy atom. The van der Waals surface area contributed by atoms with Crippen LogP contribution >= 0.6 is 15.9 Å². The molecule has 0 aliphatic heterocycles. The molecule has 98 valence electrons. The number of benzene rings is 2. The van der Waals surface area contributed by atoms with Gasteiger partial charge in [0.15, 0.2) is 0 Å². The van der Waals surface area contributed by atoms with Crippen molar-refractivity contribution in [3.63, 3.8) is 0 Å². The van der Waals surface area contributed by atoms with Crippen molar-refractivity contribution in [2.24, 2.45) is 0 Å². The van der Waals surface area contributed by atoms with E-state index in [1.807, 2.05) is 24.3 Å². The number of imidazole rings is 1. The molecule has 0 radical (unpaired) electrons. The monoisotopic (exact) mass is 327 g/mol. The summed E-state index contributed by atoms with van der Waals surface area (Å²) < 4.78 is 0.858. The average molecular weight is 328 g/mol. The van der Waals surface area contributed by atoms with Crippen molar-refractivity contribution >= 4 is 44.3 Å². The Kier molecular flexibility index (Phi) is 3.05. The van der Waals surface area contributed by atoms with Crippen LogP contribution in [0.1, 0.15) is 5.56 Å². The molecular formula is C14H10BrN5. The number of hydrogen-bond acceptors (Lipinski definition) is 4. The maximum atomic E-state index is 9.14. The van der Waals surface area contributed by atoms with Crippen LogP contribution in [0.5, 0.6) is 0 Å². The summed E-state index contributed by atoms with van der Waals surface area (Å²) in [4.78, 5) is 7.53. The zero-order valence-corrected chi connectivity index (χ0v) is 11.9. The quantitative estimate of drug-likeness (QED) is 0.628. The first kappa shape index (κ1) is 12.5. The third-order valence-corrected chi connectivity index (χ3v) is 3.35. The van der Waals surface area contributed by atoms with Crippen molar-refractivity contribution < 1.29 is 0 Å². The van der Waals surface area contributed by atoms with Gasteiger partial charge in [-0.1, -0.05) is 15.9 Å². The van der Waals surface area contributed by atoms with Gasteiger partial charge in [0, 0.05) is 10.2 Å². The second-order valence-corrected chi connectivity index (χ2v) is 5.20. The molecule has 20 heavy (non-hydrogen) atoms. The van der Waals surface area contributed by atoms with Crippen LogP contribution in [-0.4, -0.2) is 9.97 Å². The Morgan fingerprint density at radius 1 is 1.25 bits per heavy atom. The predicted octanol–water partition coefficient (Wildman–Crippen LogP) is 3.52. The summed E-state index contributed by atoms with van der Waals surface area (Å²) in [6.07, 6.45) is 0. The molecular weight excluding hydrogens is 318 g/mol. The van der Waals surface area contributed by atoms with E-state index in [-0.39, 0.29) is 0 Å². The second kappa shape index (κ2) is 4.87. The molecule has 0 atom stereocenters. The smallest absolute Gasteiger partial charge is 0.205 e. The van der Waals surface area contributed by atoms with Crippen LogP contribution in [0.4, 0.5) is 17.3 Å². The van der Waals surface area contributed by atoms with Crippen molar-refractivity contribution in [3.05, 3.63) is 46.4 Å². The van der Waals surface area contributed by atoms with Crippen LogP contribution < -0.4 is 11.1 Å². The van der Waals surface area contributed by atoms with Crippen LogP contribution in [-0.2, 0) is 0 Å². The van der Waals surface area contributed by atoms with Crippen LogP contribution in [0.25, 0.3) is 11.0 Å². The normalized spacial score (nSPS) is 10.4. The molecule has 2 aromatic carbocycles. The average Bonchev–Trinajstić information content (AvgIpc) is 2.82. The lowest BCUT2D eigenvalue weighted by molar-refractivity contribution is 1.30. The van der Waals surface area contributed by atoms with Gasteiger partial charge in [0.05, 0.1) is 22.3 Å². The first-order chi connectivity index (χ1) is 9.65. The maximum Gasteiger partial charge on any atom is 0.205 e. The summed E-state index contributed by atoms with van der Waals surface area (Å²) in [6.45, 7) is 0. The number of fused-ring (bicyclic) bond motifs is 1. The highest BCUT2D eigenvalue weighted by molar-refractivity contribution is 9.10. The van der Waals surface area contributed by atoms with E-state index in [1.54, 1.807) is 12.1 Å². The summed E-state index contributed by atoms with van der Waals surface area (Å²) in [5, 5.41) is 12.2. The lowest BCUT2D eigenvalue weighted by Gasteiger charge is -2.05. The summed E-state index contributed by atoms with van der Waals surface area (Å²) in [7, 11) is 0. The highest BCUT2D eigenvalue weighted by atomic mass is 79.9. The van der Waals surface area contributed by atoms with Crippen LogP contribution in [0.2, 0.25) is 0 Å². The third kappa shape index (κ3) is 2.31. The molecule has 0 spiro atoms. The molecule has 1 heterocycles. The van der Waals surface area contributed by atoms with Gasteiger partial charge in [-0.15, -0.1) is 0 Å². The molecule has 0 bridgehead atoms. The summed E-state index contributed by atoms with van der Waals surface area (Å²) in [5.41, 5.74) is 9.31. The molecule has 0 unspecified atom stereocenters.